The van der Waals surface area contributed by atoms with Gasteiger partial charge in [-0.1, -0.05) is 40.5 Å². The third-order valence-corrected chi connectivity index (χ3v) is 4.89. The Morgan fingerprint density at radius 1 is 1.28 bits per heavy atom. The number of benzene rings is 2. The van der Waals surface area contributed by atoms with Crippen LogP contribution in [0.3, 0.4) is 0 Å². The zero-order chi connectivity index (χ0) is 18.1. The van der Waals surface area contributed by atoms with Gasteiger partial charge in [0.15, 0.2) is 10.6 Å². The van der Waals surface area contributed by atoms with Crippen LogP contribution in [0.4, 0.5) is 8.78 Å². The second-order valence-corrected chi connectivity index (χ2v) is 6.80. The van der Waals surface area contributed by atoms with Gasteiger partial charge in [0.1, 0.15) is 5.82 Å². The lowest BCUT2D eigenvalue weighted by Gasteiger charge is -2.02. The van der Waals surface area contributed by atoms with Crippen molar-refractivity contribution in [3.8, 4) is 12.3 Å². The molecule has 2 aromatic carbocycles. The first-order chi connectivity index (χ1) is 11.9. The van der Waals surface area contributed by atoms with E-state index in [1.54, 1.807) is 0 Å². The molecule has 0 radical (unpaired) electrons. The fourth-order valence-electron chi connectivity index (χ4n) is 2.26. The van der Waals surface area contributed by atoms with Crippen molar-refractivity contribution in [2.45, 2.75) is 6.54 Å². The van der Waals surface area contributed by atoms with Crippen LogP contribution in [0.1, 0.15) is 10.4 Å². The number of carbonyl (C=O) groups is 1. The van der Waals surface area contributed by atoms with E-state index in [4.69, 9.17) is 29.6 Å². The summed E-state index contributed by atoms with van der Waals surface area (Å²) >= 11 is 12.8. The summed E-state index contributed by atoms with van der Waals surface area (Å²) in [5.41, 5.74) is 0.193. The summed E-state index contributed by atoms with van der Waals surface area (Å²) in [7, 11) is 0. The number of terminal acetylenes is 1. The maximum absolute atomic E-state index is 14.1. The van der Waals surface area contributed by atoms with Crippen LogP contribution in [0.25, 0.3) is 10.2 Å². The molecule has 0 saturated carbocycles. The van der Waals surface area contributed by atoms with E-state index < -0.39 is 17.5 Å². The highest BCUT2D eigenvalue weighted by molar-refractivity contribution is 7.16. The first kappa shape index (κ1) is 17.6. The van der Waals surface area contributed by atoms with Crippen LogP contribution in [-0.4, -0.2) is 10.5 Å². The predicted octanol–water partition coefficient (Wildman–Crippen LogP) is 4.66. The zero-order valence-electron chi connectivity index (χ0n) is 12.4. The fraction of sp³-hybridized carbons (Fsp3) is 0.0588. The van der Waals surface area contributed by atoms with Crippen molar-refractivity contribution in [3.05, 3.63) is 62.4 Å². The molecule has 1 heterocycles. The molecule has 0 aliphatic heterocycles. The smallest absolute Gasteiger partial charge is 0.281 e. The molecular weight excluding hydrogens is 389 g/mol. The van der Waals surface area contributed by atoms with Gasteiger partial charge in [0.25, 0.3) is 5.91 Å². The highest BCUT2D eigenvalue weighted by Gasteiger charge is 2.15. The van der Waals surface area contributed by atoms with Crippen LogP contribution in [-0.2, 0) is 6.54 Å². The van der Waals surface area contributed by atoms with Crippen molar-refractivity contribution in [2.75, 3.05) is 0 Å². The summed E-state index contributed by atoms with van der Waals surface area (Å²) in [5.74, 6) is 0.199. The van der Waals surface area contributed by atoms with Crippen molar-refractivity contribution in [2.24, 2.45) is 4.99 Å². The van der Waals surface area contributed by atoms with Gasteiger partial charge >= 0.3 is 0 Å². The number of amides is 1. The van der Waals surface area contributed by atoms with Gasteiger partial charge in [-0.25, -0.2) is 8.78 Å². The molecule has 1 aromatic heterocycles. The van der Waals surface area contributed by atoms with Crippen molar-refractivity contribution >= 4 is 50.7 Å². The minimum Gasteiger partial charge on any atom is -0.302 e. The van der Waals surface area contributed by atoms with E-state index >= 15 is 0 Å². The minimum absolute atomic E-state index is 0.0298. The van der Waals surface area contributed by atoms with Crippen LogP contribution >= 0.6 is 34.5 Å². The largest absolute Gasteiger partial charge is 0.302 e. The summed E-state index contributed by atoms with van der Waals surface area (Å²) in [6.45, 7) is -0.0298. The van der Waals surface area contributed by atoms with Gasteiger partial charge in [0, 0.05) is 11.1 Å². The Balaban J connectivity index is 2.24. The average Bonchev–Trinajstić information content (AvgIpc) is 2.87. The number of hydrogen-bond donors (Lipinski definition) is 0. The molecule has 0 spiro atoms. The number of hydrogen-bond acceptors (Lipinski definition) is 2. The number of aromatic nitrogens is 1. The van der Waals surface area contributed by atoms with E-state index in [1.807, 2.05) is 0 Å². The number of nitrogens with zero attached hydrogens (tertiary/aromatic N) is 2. The van der Waals surface area contributed by atoms with Crippen LogP contribution in [0.5, 0.6) is 0 Å². The van der Waals surface area contributed by atoms with Crippen LogP contribution in [0, 0.1) is 24.0 Å². The van der Waals surface area contributed by atoms with Crippen molar-refractivity contribution < 1.29 is 13.6 Å². The van der Waals surface area contributed by atoms with Gasteiger partial charge in [-0.3, -0.25) is 4.79 Å². The molecule has 0 fully saturated rings. The lowest BCUT2D eigenvalue weighted by molar-refractivity contribution is 0.0998. The summed E-state index contributed by atoms with van der Waals surface area (Å²) in [6.07, 6.45) is 5.32. The number of rotatable bonds is 2. The Morgan fingerprint density at radius 3 is 2.76 bits per heavy atom. The molecule has 8 heteroatoms. The van der Waals surface area contributed by atoms with Gasteiger partial charge in [-0.15, -0.1) is 6.42 Å². The van der Waals surface area contributed by atoms with Crippen LogP contribution in [0.15, 0.2) is 35.3 Å². The van der Waals surface area contributed by atoms with E-state index in [0.29, 0.717) is 5.02 Å². The molecule has 0 N–H and O–H groups in total. The molecule has 0 unspecified atom stereocenters. The van der Waals surface area contributed by atoms with Crippen LogP contribution in [0.2, 0.25) is 10.0 Å². The van der Waals surface area contributed by atoms with Crippen molar-refractivity contribution in [1.29, 1.82) is 0 Å². The van der Waals surface area contributed by atoms with E-state index in [0.717, 1.165) is 23.5 Å². The normalized spacial score (nSPS) is 11.7. The first-order valence-corrected chi connectivity index (χ1v) is 8.44. The molecule has 0 aliphatic carbocycles. The monoisotopic (exact) mass is 396 g/mol. The SMILES string of the molecule is C#CCn1c(=NC(=O)c2cc(Cl)ccc2Cl)sc2cc(F)cc(F)c21. The Kier molecular flexibility index (Phi) is 4.91. The lowest BCUT2D eigenvalue weighted by atomic mass is 10.2. The average molecular weight is 397 g/mol. The second kappa shape index (κ2) is 6.96. The number of halogens is 4. The van der Waals surface area contributed by atoms with E-state index in [1.165, 1.54) is 22.8 Å². The van der Waals surface area contributed by atoms with E-state index in [-0.39, 0.29) is 32.1 Å². The van der Waals surface area contributed by atoms with E-state index in [9.17, 15) is 13.6 Å². The van der Waals surface area contributed by atoms with E-state index in [2.05, 4.69) is 10.9 Å². The lowest BCUT2D eigenvalue weighted by Crippen LogP contribution is -2.17. The maximum Gasteiger partial charge on any atom is 0.281 e. The summed E-state index contributed by atoms with van der Waals surface area (Å²) in [6, 6.07) is 6.31. The topological polar surface area (TPSA) is 34.4 Å². The Morgan fingerprint density at radius 2 is 2.04 bits per heavy atom. The molecule has 126 valence electrons. The van der Waals surface area contributed by atoms with Gasteiger partial charge in [-0.2, -0.15) is 4.99 Å². The minimum atomic E-state index is -0.781. The predicted molar refractivity (Wildman–Crippen MR) is 94.9 cm³/mol. The summed E-state index contributed by atoms with van der Waals surface area (Å²) in [4.78, 5) is 16.5. The van der Waals surface area contributed by atoms with Gasteiger partial charge in [-0.05, 0) is 24.3 Å². The highest BCUT2D eigenvalue weighted by Crippen LogP contribution is 2.24. The Bertz CT molecular complexity index is 1110. The number of fused-ring (bicyclic) bond motifs is 1. The molecule has 3 aromatic rings. The maximum atomic E-state index is 14.1. The number of carbonyl (C=O) groups excluding carboxylic acids is 1. The second-order valence-electron chi connectivity index (χ2n) is 4.95. The standard InChI is InChI=1S/C17H8Cl2F2N2OS/c1-2-5-23-15-13(21)7-10(20)8-14(15)25-17(23)22-16(24)11-6-9(18)3-4-12(11)19/h1,3-4,6-8H,5H2. The van der Waals surface area contributed by atoms with Crippen molar-refractivity contribution in [1.82, 2.24) is 4.57 Å². The van der Waals surface area contributed by atoms with Gasteiger partial charge in [0.2, 0.25) is 0 Å². The zero-order valence-corrected chi connectivity index (χ0v) is 14.7. The highest BCUT2D eigenvalue weighted by atomic mass is 35.5. The summed E-state index contributed by atoms with van der Waals surface area (Å²) < 4.78 is 29.2. The van der Waals surface area contributed by atoms with Crippen molar-refractivity contribution in [3.63, 3.8) is 0 Å². The first-order valence-electron chi connectivity index (χ1n) is 6.86. The Hall–Kier alpha value is -2.20. The third-order valence-electron chi connectivity index (χ3n) is 3.30. The molecule has 1 amide bonds. The van der Waals surface area contributed by atoms with Crippen LogP contribution < -0.4 is 4.80 Å². The quantitative estimate of drug-likeness (QED) is 0.579. The Labute approximate surface area is 155 Å². The number of thiazole rings is 1. The van der Waals surface area contributed by atoms with Gasteiger partial charge in [0.05, 0.1) is 27.3 Å². The molecule has 0 saturated heterocycles. The third kappa shape index (κ3) is 3.45. The fourth-order valence-corrected chi connectivity index (χ4v) is 3.70. The van der Waals surface area contributed by atoms with Gasteiger partial charge < -0.3 is 4.57 Å². The molecule has 0 bridgehead atoms. The molecular formula is C17H8Cl2F2N2OS. The molecule has 0 atom stereocenters. The summed E-state index contributed by atoms with van der Waals surface area (Å²) in [5, 5.41) is 0.504. The molecule has 25 heavy (non-hydrogen) atoms. The molecule has 3 rings (SSSR count). The molecule has 0 aliphatic rings. The molecule has 3 nitrogen and oxygen atoms in total.